The van der Waals surface area contributed by atoms with E-state index in [0.717, 1.165) is 0 Å². The summed E-state index contributed by atoms with van der Waals surface area (Å²) in [5, 5.41) is 11.9. The number of rotatable bonds is 9. The lowest BCUT2D eigenvalue weighted by Crippen LogP contribution is -2.31. The van der Waals surface area contributed by atoms with Crippen LogP contribution in [0.2, 0.25) is 0 Å². The minimum absolute atomic E-state index is 0.0202. The van der Waals surface area contributed by atoms with Crippen LogP contribution in [-0.4, -0.2) is 30.1 Å². The number of hydrogen-bond donors (Lipinski definition) is 2. The first-order valence-electron chi connectivity index (χ1n) is 7.99. The summed E-state index contributed by atoms with van der Waals surface area (Å²) in [5.41, 5.74) is 0.637. The number of carbonyl (C=O) groups is 2. The van der Waals surface area contributed by atoms with E-state index < -0.39 is 17.7 Å². The topological polar surface area (TPSA) is 75.6 Å². The van der Waals surface area contributed by atoms with Crippen LogP contribution >= 0.6 is 0 Å². The summed E-state index contributed by atoms with van der Waals surface area (Å²) in [6, 6.07) is 14.8. The van der Waals surface area contributed by atoms with Crippen LogP contribution in [0.1, 0.15) is 24.3 Å². The van der Waals surface area contributed by atoms with Crippen molar-refractivity contribution >= 4 is 11.9 Å². The molecule has 0 spiro atoms. The molecule has 1 atom stereocenters. The zero-order chi connectivity index (χ0) is 18.1. The standard InChI is InChI=1S/C19H20FNO4/c20-16-9-4-5-10-17(16)25-12-6-11-18(22)21-13-15(19(23)24)14-7-2-1-3-8-14/h1-5,7-10,15H,6,11-13H2,(H,21,22)(H,23,24). The highest BCUT2D eigenvalue weighted by Crippen LogP contribution is 2.16. The number of benzene rings is 2. The number of nitrogens with one attached hydrogen (secondary N) is 1. The van der Waals surface area contributed by atoms with Crippen LogP contribution in [0.3, 0.4) is 0 Å². The van der Waals surface area contributed by atoms with E-state index in [1.54, 1.807) is 42.5 Å². The van der Waals surface area contributed by atoms with Crippen molar-refractivity contribution in [3.63, 3.8) is 0 Å². The van der Waals surface area contributed by atoms with Gasteiger partial charge in [0, 0.05) is 13.0 Å². The van der Waals surface area contributed by atoms with Crippen LogP contribution in [0, 0.1) is 5.82 Å². The Balaban J connectivity index is 1.73. The molecule has 0 saturated carbocycles. The lowest BCUT2D eigenvalue weighted by molar-refractivity contribution is -0.138. The Morgan fingerprint density at radius 3 is 2.44 bits per heavy atom. The molecule has 0 aromatic heterocycles. The molecule has 0 aliphatic heterocycles. The summed E-state index contributed by atoms with van der Waals surface area (Å²) in [4.78, 5) is 23.2. The average Bonchev–Trinajstić information content (AvgIpc) is 2.61. The number of para-hydroxylation sites is 1. The number of carbonyl (C=O) groups excluding carboxylic acids is 1. The number of aliphatic carboxylic acids is 1. The first-order chi connectivity index (χ1) is 12.1. The lowest BCUT2D eigenvalue weighted by atomic mass is 9.99. The zero-order valence-electron chi connectivity index (χ0n) is 13.7. The van der Waals surface area contributed by atoms with Gasteiger partial charge in [-0.25, -0.2) is 4.39 Å². The van der Waals surface area contributed by atoms with Crippen molar-refractivity contribution in [3.05, 3.63) is 66.0 Å². The molecule has 1 amide bonds. The van der Waals surface area contributed by atoms with Crippen molar-refractivity contribution in [1.82, 2.24) is 5.32 Å². The second-order valence-electron chi connectivity index (χ2n) is 5.49. The molecule has 0 saturated heterocycles. The zero-order valence-corrected chi connectivity index (χ0v) is 13.7. The number of hydrogen-bond acceptors (Lipinski definition) is 3. The lowest BCUT2D eigenvalue weighted by Gasteiger charge is -2.14. The fourth-order valence-corrected chi connectivity index (χ4v) is 2.31. The third kappa shape index (κ3) is 5.91. The van der Waals surface area contributed by atoms with Gasteiger partial charge in [0.2, 0.25) is 5.91 Å². The van der Waals surface area contributed by atoms with Gasteiger partial charge in [-0.15, -0.1) is 0 Å². The van der Waals surface area contributed by atoms with E-state index in [4.69, 9.17) is 4.74 Å². The molecule has 2 aromatic carbocycles. The molecular weight excluding hydrogens is 325 g/mol. The monoisotopic (exact) mass is 345 g/mol. The largest absolute Gasteiger partial charge is 0.491 e. The molecule has 25 heavy (non-hydrogen) atoms. The number of amides is 1. The van der Waals surface area contributed by atoms with Crippen LogP contribution in [0.4, 0.5) is 4.39 Å². The normalized spacial score (nSPS) is 11.6. The summed E-state index contributed by atoms with van der Waals surface area (Å²) < 4.78 is 18.6. The number of carboxylic acids is 1. The van der Waals surface area contributed by atoms with E-state index in [1.807, 2.05) is 0 Å². The number of ether oxygens (including phenoxy) is 1. The Kier molecular flexibility index (Phi) is 6.95. The second-order valence-corrected chi connectivity index (χ2v) is 5.49. The molecule has 2 rings (SSSR count). The molecule has 0 aliphatic carbocycles. The minimum atomic E-state index is -0.991. The number of carboxylic acid groups (broad SMARTS) is 1. The van der Waals surface area contributed by atoms with Crippen molar-refractivity contribution < 1.29 is 23.8 Å². The van der Waals surface area contributed by atoms with Gasteiger partial charge in [0.25, 0.3) is 0 Å². The maximum Gasteiger partial charge on any atom is 0.312 e. The summed E-state index contributed by atoms with van der Waals surface area (Å²) in [7, 11) is 0. The molecule has 0 heterocycles. The molecular formula is C19H20FNO4. The third-order valence-electron chi connectivity index (χ3n) is 3.65. The van der Waals surface area contributed by atoms with Crippen LogP contribution in [0.5, 0.6) is 5.75 Å². The van der Waals surface area contributed by atoms with Gasteiger partial charge >= 0.3 is 5.97 Å². The van der Waals surface area contributed by atoms with Crippen molar-refractivity contribution in [3.8, 4) is 5.75 Å². The molecule has 1 unspecified atom stereocenters. The van der Waals surface area contributed by atoms with Gasteiger partial charge in [0.15, 0.2) is 11.6 Å². The quantitative estimate of drug-likeness (QED) is 0.685. The molecule has 0 radical (unpaired) electrons. The van der Waals surface area contributed by atoms with Crippen molar-refractivity contribution in [2.75, 3.05) is 13.2 Å². The summed E-state index contributed by atoms with van der Waals surface area (Å²) in [6.45, 7) is 0.224. The van der Waals surface area contributed by atoms with E-state index >= 15 is 0 Å². The van der Waals surface area contributed by atoms with Crippen LogP contribution in [-0.2, 0) is 9.59 Å². The summed E-state index contributed by atoms with van der Waals surface area (Å²) in [5.74, 6) is -2.34. The van der Waals surface area contributed by atoms with E-state index in [2.05, 4.69) is 5.32 Å². The smallest absolute Gasteiger partial charge is 0.312 e. The van der Waals surface area contributed by atoms with Crippen LogP contribution in [0.25, 0.3) is 0 Å². The highest BCUT2D eigenvalue weighted by molar-refractivity contribution is 5.79. The third-order valence-corrected chi connectivity index (χ3v) is 3.65. The highest BCUT2D eigenvalue weighted by atomic mass is 19.1. The molecule has 0 fully saturated rings. The molecule has 2 N–H and O–H groups in total. The molecule has 132 valence electrons. The Labute approximate surface area is 145 Å². The Morgan fingerprint density at radius 1 is 1.08 bits per heavy atom. The number of halogens is 1. The maximum atomic E-state index is 13.4. The fourth-order valence-electron chi connectivity index (χ4n) is 2.31. The van der Waals surface area contributed by atoms with Crippen LogP contribution in [0.15, 0.2) is 54.6 Å². The van der Waals surface area contributed by atoms with E-state index in [9.17, 15) is 19.1 Å². The molecule has 2 aromatic rings. The van der Waals surface area contributed by atoms with Gasteiger partial charge in [0.1, 0.15) is 0 Å². The molecule has 6 heteroatoms. The van der Waals surface area contributed by atoms with Crippen molar-refractivity contribution in [2.45, 2.75) is 18.8 Å². The van der Waals surface area contributed by atoms with Gasteiger partial charge in [-0.2, -0.15) is 0 Å². The van der Waals surface area contributed by atoms with Gasteiger partial charge in [0.05, 0.1) is 12.5 Å². The molecule has 5 nitrogen and oxygen atoms in total. The van der Waals surface area contributed by atoms with Gasteiger partial charge < -0.3 is 15.2 Å². The first-order valence-corrected chi connectivity index (χ1v) is 7.99. The SMILES string of the molecule is O=C(CCCOc1ccccc1F)NCC(C(=O)O)c1ccccc1. The van der Waals surface area contributed by atoms with Crippen LogP contribution < -0.4 is 10.1 Å². The van der Waals surface area contributed by atoms with Gasteiger partial charge in [-0.05, 0) is 24.1 Å². The molecule has 0 bridgehead atoms. The minimum Gasteiger partial charge on any atom is -0.491 e. The van der Waals surface area contributed by atoms with E-state index in [0.29, 0.717) is 12.0 Å². The van der Waals surface area contributed by atoms with Crippen molar-refractivity contribution in [2.24, 2.45) is 0 Å². The van der Waals surface area contributed by atoms with Crippen molar-refractivity contribution in [1.29, 1.82) is 0 Å². The highest BCUT2D eigenvalue weighted by Gasteiger charge is 2.20. The molecule has 0 aliphatic rings. The Bertz CT molecular complexity index is 706. The van der Waals surface area contributed by atoms with Gasteiger partial charge in [-0.1, -0.05) is 42.5 Å². The Morgan fingerprint density at radius 2 is 1.76 bits per heavy atom. The second kappa shape index (κ2) is 9.42. The predicted molar refractivity (Wildman–Crippen MR) is 91.0 cm³/mol. The van der Waals surface area contributed by atoms with E-state index in [-0.39, 0.29) is 31.2 Å². The maximum absolute atomic E-state index is 13.4. The average molecular weight is 345 g/mol. The first kappa shape index (κ1) is 18.4. The summed E-state index contributed by atoms with van der Waals surface area (Å²) in [6.07, 6.45) is 0.582. The fraction of sp³-hybridized carbons (Fsp3) is 0.263. The Hall–Kier alpha value is -2.89. The summed E-state index contributed by atoms with van der Waals surface area (Å²) >= 11 is 0. The predicted octanol–water partition coefficient (Wildman–Crippen LogP) is 2.97. The van der Waals surface area contributed by atoms with Gasteiger partial charge in [-0.3, -0.25) is 9.59 Å². The van der Waals surface area contributed by atoms with E-state index in [1.165, 1.54) is 12.1 Å².